The minimum atomic E-state index is -0.685. The summed E-state index contributed by atoms with van der Waals surface area (Å²) < 4.78 is 0. The zero-order valence-corrected chi connectivity index (χ0v) is 21.7. The predicted molar refractivity (Wildman–Crippen MR) is 149 cm³/mol. The maximum atomic E-state index is 13.2. The minimum Gasteiger partial charge on any atom is -0.345 e. The van der Waals surface area contributed by atoms with Crippen LogP contribution in [0.1, 0.15) is 57.2 Å². The van der Waals surface area contributed by atoms with Crippen LogP contribution >= 0.6 is 0 Å². The quantitative estimate of drug-likeness (QED) is 0.352. The second-order valence-electron chi connectivity index (χ2n) is 9.23. The Labute approximate surface area is 219 Å². The van der Waals surface area contributed by atoms with Gasteiger partial charge in [0.05, 0.1) is 12.6 Å². The second-order valence-corrected chi connectivity index (χ2v) is 9.23. The van der Waals surface area contributed by atoms with Crippen molar-refractivity contribution in [2.24, 2.45) is 0 Å². The lowest BCUT2D eigenvalue weighted by Gasteiger charge is -2.18. The lowest BCUT2D eigenvalue weighted by molar-refractivity contribution is -0.120. The molecule has 3 rings (SSSR count). The SMILES string of the molecule is CCCC(NC(=O)c1ccccc1C=Cc1ccc(CN(C)C)cc1)C(=O)CNC(=O)c1ccccc1. The molecular weight excluding hydrogens is 462 g/mol. The monoisotopic (exact) mass is 497 g/mol. The third-order valence-corrected chi connectivity index (χ3v) is 5.87. The number of ketones is 1. The second kappa shape index (κ2) is 13.9. The van der Waals surface area contributed by atoms with Gasteiger partial charge in [-0.15, -0.1) is 0 Å². The maximum Gasteiger partial charge on any atom is 0.252 e. The number of nitrogens with zero attached hydrogens (tertiary/aromatic N) is 1. The van der Waals surface area contributed by atoms with E-state index in [4.69, 9.17) is 0 Å². The number of amides is 2. The average Bonchev–Trinajstić information content (AvgIpc) is 2.91. The summed E-state index contributed by atoms with van der Waals surface area (Å²) in [4.78, 5) is 40.5. The number of carbonyl (C=O) groups is 3. The van der Waals surface area contributed by atoms with E-state index in [1.807, 2.05) is 51.4 Å². The molecule has 0 radical (unpaired) electrons. The largest absolute Gasteiger partial charge is 0.345 e. The van der Waals surface area contributed by atoms with Crippen LogP contribution in [0.2, 0.25) is 0 Å². The molecule has 0 bridgehead atoms. The molecule has 0 heterocycles. The summed E-state index contributed by atoms with van der Waals surface area (Å²) in [6.45, 7) is 2.68. The van der Waals surface area contributed by atoms with E-state index in [1.54, 1.807) is 36.4 Å². The molecule has 0 spiro atoms. The van der Waals surface area contributed by atoms with Crippen molar-refractivity contribution in [2.75, 3.05) is 20.6 Å². The first-order valence-corrected chi connectivity index (χ1v) is 12.5. The first kappa shape index (κ1) is 27.6. The van der Waals surface area contributed by atoms with E-state index in [9.17, 15) is 14.4 Å². The normalized spacial score (nSPS) is 11.9. The van der Waals surface area contributed by atoms with Gasteiger partial charge in [-0.05, 0) is 55.4 Å². The summed E-state index contributed by atoms with van der Waals surface area (Å²) in [5.74, 6) is -0.867. The highest BCUT2D eigenvalue weighted by atomic mass is 16.2. The smallest absolute Gasteiger partial charge is 0.252 e. The zero-order chi connectivity index (χ0) is 26.6. The van der Waals surface area contributed by atoms with Gasteiger partial charge < -0.3 is 15.5 Å². The van der Waals surface area contributed by atoms with Crippen LogP contribution in [0.5, 0.6) is 0 Å². The number of benzene rings is 3. The van der Waals surface area contributed by atoms with E-state index in [0.717, 1.165) is 17.7 Å². The molecular formula is C31H35N3O3. The van der Waals surface area contributed by atoms with Gasteiger partial charge in [-0.25, -0.2) is 0 Å². The van der Waals surface area contributed by atoms with Crippen molar-refractivity contribution in [1.29, 1.82) is 0 Å². The highest BCUT2D eigenvalue weighted by Gasteiger charge is 2.22. The molecule has 0 fully saturated rings. The first-order chi connectivity index (χ1) is 17.9. The molecule has 2 amide bonds. The summed E-state index contributed by atoms with van der Waals surface area (Å²) in [7, 11) is 4.07. The molecule has 0 aliphatic heterocycles. The molecule has 6 nitrogen and oxygen atoms in total. The Morgan fingerprint density at radius 3 is 2.19 bits per heavy atom. The number of hydrogen-bond donors (Lipinski definition) is 2. The molecule has 0 aliphatic rings. The lowest BCUT2D eigenvalue weighted by Crippen LogP contribution is -2.45. The van der Waals surface area contributed by atoms with Gasteiger partial charge in [-0.3, -0.25) is 14.4 Å². The van der Waals surface area contributed by atoms with Gasteiger partial charge in [0.25, 0.3) is 11.8 Å². The Morgan fingerprint density at radius 2 is 1.51 bits per heavy atom. The third kappa shape index (κ3) is 8.54. The van der Waals surface area contributed by atoms with E-state index < -0.39 is 6.04 Å². The van der Waals surface area contributed by atoms with E-state index in [1.165, 1.54) is 5.56 Å². The lowest BCUT2D eigenvalue weighted by atomic mass is 10.0. The molecule has 3 aromatic rings. The van der Waals surface area contributed by atoms with Gasteiger partial charge in [-0.2, -0.15) is 0 Å². The number of hydrogen-bond acceptors (Lipinski definition) is 4. The molecule has 0 saturated carbocycles. The number of Topliss-reactive ketones (excluding diaryl/α,β-unsaturated/α-hetero) is 1. The fraction of sp³-hybridized carbons (Fsp3) is 0.258. The highest BCUT2D eigenvalue weighted by Crippen LogP contribution is 2.15. The van der Waals surface area contributed by atoms with Crippen LogP contribution in [0.15, 0.2) is 78.9 Å². The van der Waals surface area contributed by atoms with Gasteiger partial charge >= 0.3 is 0 Å². The van der Waals surface area contributed by atoms with Crippen LogP contribution in [0.3, 0.4) is 0 Å². The van der Waals surface area contributed by atoms with Crippen LogP contribution in [0.25, 0.3) is 12.2 Å². The fourth-order valence-corrected chi connectivity index (χ4v) is 3.95. The molecule has 0 saturated heterocycles. The van der Waals surface area contributed by atoms with Crippen molar-refractivity contribution >= 4 is 29.7 Å². The van der Waals surface area contributed by atoms with E-state index in [0.29, 0.717) is 24.0 Å². The van der Waals surface area contributed by atoms with Gasteiger partial charge in [0, 0.05) is 17.7 Å². The maximum absolute atomic E-state index is 13.2. The molecule has 192 valence electrons. The van der Waals surface area contributed by atoms with Crippen LogP contribution in [-0.2, 0) is 11.3 Å². The van der Waals surface area contributed by atoms with E-state index in [2.05, 4.69) is 39.8 Å². The van der Waals surface area contributed by atoms with E-state index >= 15 is 0 Å². The van der Waals surface area contributed by atoms with Crippen molar-refractivity contribution in [3.05, 3.63) is 107 Å². The Hall–Kier alpha value is -4.03. The standard InChI is InChI=1S/C31H35N3O3/c1-4-10-28(29(35)21-32-30(36)26-12-6-5-7-13-26)33-31(37)27-14-9-8-11-25(27)20-19-23-15-17-24(18-16-23)22-34(2)3/h5-9,11-20,28H,4,10,21-22H2,1-3H3,(H,32,36)(H,33,37). The molecule has 37 heavy (non-hydrogen) atoms. The Bertz CT molecular complexity index is 1220. The molecule has 1 atom stereocenters. The van der Waals surface area contributed by atoms with Crippen molar-refractivity contribution in [2.45, 2.75) is 32.4 Å². The minimum absolute atomic E-state index is 0.149. The average molecular weight is 498 g/mol. The van der Waals surface area contributed by atoms with Crippen LogP contribution in [0.4, 0.5) is 0 Å². The van der Waals surface area contributed by atoms with E-state index in [-0.39, 0.29) is 24.1 Å². The van der Waals surface area contributed by atoms with Crippen molar-refractivity contribution in [3.63, 3.8) is 0 Å². The zero-order valence-electron chi connectivity index (χ0n) is 21.7. The molecule has 1 unspecified atom stereocenters. The van der Waals surface area contributed by atoms with Gasteiger partial charge in [0.15, 0.2) is 5.78 Å². The predicted octanol–water partition coefficient (Wildman–Crippen LogP) is 4.82. The first-order valence-electron chi connectivity index (χ1n) is 12.5. The number of nitrogens with one attached hydrogen (secondary N) is 2. The third-order valence-electron chi connectivity index (χ3n) is 5.87. The number of rotatable bonds is 12. The topological polar surface area (TPSA) is 78.5 Å². The van der Waals surface area contributed by atoms with Crippen molar-refractivity contribution in [1.82, 2.24) is 15.5 Å². The summed E-state index contributed by atoms with van der Waals surface area (Å²) in [6.07, 6.45) is 5.09. The highest BCUT2D eigenvalue weighted by molar-refractivity contribution is 6.02. The Morgan fingerprint density at radius 1 is 0.838 bits per heavy atom. The van der Waals surface area contributed by atoms with Gasteiger partial charge in [-0.1, -0.05) is 86.2 Å². The van der Waals surface area contributed by atoms with Gasteiger partial charge in [0.2, 0.25) is 0 Å². The van der Waals surface area contributed by atoms with Crippen molar-refractivity contribution < 1.29 is 14.4 Å². The molecule has 3 aromatic carbocycles. The van der Waals surface area contributed by atoms with Crippen LogP contribution in [0, 0.1) is 0 Å². The fourth-order valence-electron chi connectivity index (χ4n) is 3.95. The molecule has 0 aliphatic carbocycles. The number of carbonyl (C=O) groups excluding carboxylic acids is 3. The van der Waals surface area contributed by atoms with Crippen molar-refractivity contribution in [3.8, 4) is 0 Å². The summed E-state index contributed by atoms with van der Waals surface area (Å²) in [5, 5.41) is 5.54. The Balaban J connectivity index is 1.66. The Kier molecular flexibility index (Phi) is 10.4. The summed E-state index contributed by atoms with van der Waals surface area (Å²) >= 11 is 0. The van der Waals surface area contributed by atoms with Crippen LogP contribution < -0.4 is 10.6 Å². The summed E-state index contributed by atoms with van der Waals surface area (Å²) in [6, 6.07) is 23.7. The molecule has 2 N–H and O–H groups in total. The van der Waals surface area contributed by atoms with Crippen LogP contribution in [-0.4, -0.2) is 49.2 Å². The molecule has 0 aromatic heterocycles. The summed E-state index contributed by atoms with van der Waals surface area (Å²) in [5.41, 5.74) is 4.00. The molecule has 6 heteroatoms. The van der Waals surface area contributed by atoms with Gasteiger partial charge in [0.1, 0.15) is 0 Å².